The zero-order chi connectivity index (χ0) is 21.6. The summed E-state index contributed by atoms with van der Waals surface area (Å²) < 4.78 is 5.50. The van der Waals surface area contributed by atoms with Gasteiger partial charge in [0.25, 0.3) is 0 Å². The molecular formula is C26H33N3O2. The molecule has 5 nitrogen and oxygen atoms in total. The third-order valence-corrected chi connectivity index (χ3v) is 6.32. The molecule has 3 aromatic rings. The number of fused-ring (bicyclic) bond motifs is 3. The zero-order valence-electron chi connectivity index (χ0n) is 18.6. The molecule has 0 radical (unpaired) electrons. The van der Waals surface area contributed by atoms with E-state index in [0.29, 0.717) is 19.2 Å². The average molecular weight is 420 g/mol. The Hall–Kier alpha value is -2.79. The number of aromatic amines is 1. The van der Waals surface area contributed by atoms with Crippen LogP contribution >= 0.6 is 0 Å². The number of amides is 1. The molecule has 0 bridgehead atoms. The maximum absolute atomic E-state index is 12.5. The van der Waals surface area contributed by atoms with Crippen LogP contribution in [-0.4, -0.2) is 47.6 Å². The second kappa shape index (κ2) is 10.0. The van der Waals surface area contributed by atoms with Gasteiger partial charge in [0.1, 0.15) is 6.61 Å². The molecule has 1 unspecified atom stereocenters. The van der Waals surface area contributed by atoms with Gasteiger partial charge in [-0.3, -0.25) is 4.90 Å². The minimum Gasteiger partial charge on any atom is -0.445 e. The molecule has 1 N–H and O–H groups in total. The van der Waals surface area contributed by atoms with E-state index >= 15 is 0 Å². The topological polar surface area (TPSA) is 48.6 Å². The standard InChI is InChI=1S/C26H33N3O2/c1-3-4-16-29-18-14-22-21-12-8-9-13-23(21)27-25(22)24(29)15-17-28(2)26(30)31-19-20-10-6-5-7-11-20/h5-13,24,27H,3-4,14-19H2,1-2H3. The van der Waals surface area contributed by atoms with Crippen LogP contribution in [-0.2, 0) is 17.8 Å². The molecule has 0 spiro atoms. The van der Waals surface area contributed by atoms with E-state index in [9.17, 15) is 4.79 Å². The summed E-state index contributed by atoms with van der Waals surface area (Å²) in [5.74, 6) is 0. The number of carbonyl (C=O) groups is 1. The van der Waals surface area contributed by atoms with Gasteiger partial charge in [0.2, 0.25) is 0 Å². The van der Waals surface area contributed by atoms with Crippen molar-refractivity contribution in [2.24, 2.45) is 0 Å². The van der Waals surface area contributed by atoms with Crippen LogP contribution in [0.2, 0.25) is 0 Å². The number of carbonyl (C=O) groups excluding carboxylic acids is 1. The van der Waals surface area contributed by atoms with Crippen molar-refractivity contribution in [3.05, 3.63) is 71.4 Å². The Morgan fingerprint density at radius 2 is 1.94 bits per heavy atom. The number of nitrogens with zero attached hydrogens (tertiary/aromatic N) is 2. The van der Waals surface area contributed by atoms with E-state index in [4.69, 9.17) is 4.74 Å². The third kappa shape index (κ3) is 4.93. The van der Waals surface area contributed by atoms with Gasteiger partial charge in [0, 0.05) is 36.7 Å². The first-order valence-corrected chi connectivity index (χ1v) is 11.4. The van der Waals surface area contributed by atoms with Crippen molar-refractivity contribution in [3.63, 3.8) is 0 Å². The number of nitrogens with one attached hydrogen (secondary N) is 1. The molecule has 2 aromatic carbocycles. The quantitative estimate of drug-likeness (QED) is 0.522. The summed E-state index contributed by atoms with van der Waals surface area (Å²) in [6, 6.07) is 18.7. The third-order valence-electron chi connectivity index (χ3n) is 6.32. The van der Waals surface area contributed by atoms with Gasteiger partial charge in [0.05, 0.1) is 6.04 Å². The fourth-order valence-corrected chi connectivity index (χ4v) is 4.56. The van der Waals surface area contributed by atoms with Crippen molar-refractivity contribution in [1.82, 2.24) is 14.8 Å². The predicted octanol–water partition coefficient (Wildman–Crippen LogP) is 5.53. The van der Waals surface area contributed by atoms with Gasteiger partial charge in [-0.2, -0.15) is 0 Å². The molecule has 1 amide bonds. The molecule has 1 aliphatic heterocycles. The van der Waals surface area contributed by atoms with Crippen LogP contribution in [0.1, 0.15) is 49.0 Å². The van der Waals surface area contributed by atoms with E-state index in [-0.39, 0.29) is 6.09 Å². The van der Waals surface area contributed by atoms with Crippen molar-refractivity contribution in [2.45, 2.75) is 45.3 Å². The second-order valence-electron chi connectivity index (χ2n) is 8.47. The molecule has 4 rings (SSSR count). The van der Waals surface area contributed by atoms with E-state index in [1.807, 2.05) is 37.4 Å². The molecule has 1 atom stereocenters. The van der Waals surface area contributed by atoms with Crippen LogP contribution in [0.4, 0.5) is 4.79 Å². The Balaban J connectivity index is 1.43. The first-order chi connectivity index (χ1) is 15.2. The fourth-order valence-electron chi connectivity index (χ4n) is 4.56. The fraction of sp³-hybridized carbons (Fsp3) is 0.423. The van der Waals surface area contributed by atoms with E-state index < -0.39 is 0 Å². The Morgan fingerprint density at radius 1 is 1.16 bits per heavy atom. The molecule has 0 saturated carbocycles. The summed E-state index contributed by atoms with van der Waals surface area (Å²) in [6.07, 6.45) is 4.08. The highest BCUT2D eigenvalue weighted by atomic mass is 16.6. The molecule has 0 saturated heterocycles. The minimum atomic E-state index is -0.267. The number of rotatable bonds is 8. The smallest absolute Gasteiger partial charge is 0.409 e. The Morgan fingerprint density at radius 3 is 2.74 bits per heavy atom. The van der Waals surface area contributed by atoms with Gasteiger partial charge >= 0.3 is 6.09 Å². The highest BCUT2D eigenvalue weighted by Gasteiger charge is 2.30. The van der Waals surface area contributed by atoms with E-state index in [2.05, 4.69) is 41.1 Å². The molecular weight excluding hydrogens is 386 g/mol. The van der Waals surface area contributed by atoms with Crippen molar-refractivity contribution >= 4 is 17.0 Å². The lowest BCUT2D eigenvalue weighted by atomic mass is 9.95. The number of hydrogen-bond donors (Lipinski definition) is 1. The Labute approximate surface area is 185 Å². The van der Waals surface area contributed by atoms with Gasteiger partial charge in [-0.05, 0) is 43.0 Å². The molecule has 0 fully saturated rings. The summed E-state index contributed by atoms with van der Waals surface area (Å²) in [5.41, 5.74) is 4.99. The second-order valence-corrected chi connectivity index (χ2v) is 8.47. The number of ether oxygens (including phenoxy) is 1. The highest BCUT2D eigenvalue weighted by molar-refractivity contribution is 5.85. The van der Waals surface area contributed by atoms with Gasteiger partial charge < -0.3 is 14.6 Å². The monoisotopic (exact) mass is 419 g/mol. The number of unbranched alkanes of at least 4 members (excludes halogenated alkanes) is 1. The van der Waals surface area contributed by atoms with Crippen LogP contribution in [0.15, 0.2) is 54.6 Å². The largest absolute Gasteiger partial charge is 0.445 e. The SMILES string of the molecule is CCCCN1CCc2c([nH]c3ccccc23)C1CCN(C)C(=O)OCc1ccccc1. The van der Waals surface area contributed by atoms with Crippen molar-refractivity contribution in [2.75, 3.05) is 26.7 Å². The number of hydrogen-bond acceptors (Lipinski definition) is 3. The summed E-state index contributed by atoms with van der Waals surface area (Å²) >= 11 is 0. The van der Waals surface area contributed by atoms with E-state index in [0.717, 1.165) is 31.5 Å². The molecule has 0 aliphatic carbocycles. The minimum absolute atomic E-state index is 0.267. The molecule has 5 heteroatoms. The maximum atomic E-state index is 12.5. The van der Waals surface area contributed by atoms with E-state index in [1.165, 1.54) is 35.0 Å². The number of H-pyrrole nitrogens is 1. The molecule has 1 aliphatic rings. The van der Waals surface area contributed by atoms with Crippen LogP contribution in [0.3, 0.4) is 0 Å². The van der Waals surface area contributed by atoms with Crippen molar-refractivity contribution in [3.8, 4) is 0 Å². The Bertz CT molecular complexity index is 998. The summed E-state index contributed by atoms with van der Waals surface area (Å²) in [7, 11) is 1.83. The lowest BCUT2D eigenvalue weighted by molar-refractivity contribution is 0.0973. The zero-order valence-corrected chi connectivity index (χ0v) is 18.6. The van der Waals surface area contributed by atoms with Gasteiger partial charge in [-0.25, -0.2) is 4.79 Å². The van der Waals surface area contributed by atoms with Gasteiger partial charge in [-0.15, -0.1) is 0 Å². The van der Waals surface area contributed by atoms with Crippen LogP contribution in [0, 0.1) is 0 Å². The lowest BCUT2D eigenvalue weighted by Crippen LogP contribution is -2.38. The van der Waals surface area contributed by atoms with Gasteiger partial charge in [-0.1, -0.05) is 61.9 Å². The van der Waals surface area contributed by atoms with Crippen LogP contribution < -0.4 is 0 Å². The summed E-state index contributed by atoms with van der Waals surface area (Å²) in [5, 5.41) is 1.34. The van der Waals surface area contributed by atoms with E-state index in [1.54, 1.807) is 4.90 Å². The van der Waals surface area contributed by atoms with Crippen LogP contribution in [0.25, 0.3) is 10.9 Å². The van der Waals surface area contributed by atoms with Crippen LogP contribution in [0.5, 0.6) is 0 Å². The summed E-state index contributed by atoms with van der Waals surface area (Å²) in [4.78, 5) is 20.5. The maximum Gasteiger partial charge on any atom is 0.409 e. The lowest BCUT2D eigenvalue weighted by Gasteiger charge is -2.36. The average Bonchev–Trinajstić information content (AvgIpc) is 3.19. The van der Waals surface area contributed by atoms with Crippen molar-refractivity contribution in [1.29, 1.82) is 0 Å². The predicted molar refractivity (Wildman–Crippen MR) is 125 cm³/mol. The number of aromatic nitrogens is 1. The Kier molecular flexibility index (Phi) is 6.92. The first-order valence-electron chi connectivity index (χ1n) is 11.4. The number of benzene rings is 2. The molecule has 164 valence electrons. The highest BCUT2D eigenvalue weighted by Crippen LogP contribution is 2.36. The normalized spacial score (nSPS) is 16.3. The molecule has 1 aromatic heterocycles. The van der Waals surface area contributed by atoms with Gasteiger partial charge in [0.15, 0.2) is 0 Å². The summed E-state index contributed by atoms with van der Waals surface area (Å²) in [6.45, 7) is 5.38. The molecule has 31 heavy (non-hydrogen) atoms. The number of para-hydroxylation sites is 1. The first kappa shape index (κ1) is 21.4. The van der Waals surface area contributed by atoms with Crippen molar-refractivity contribution < 1.29 is 9.53 Å². The molecule has 2 heterocycles.